The molecule has 1 amide bonds. The fourth-order valence-electron chi connectivity index (χ4n) is 2.37. The number of amides is 1. The van der Waals surface area contributed by atoms with Crippen LogP contribution < -0.4 is 5.73 Å². The highest BCUT2D eigenvalue weighted by molar-refractivity contribution is 5.95. The number of nitrogens with two attached hydrogens (primary N) is 1. The van der Waals surface area contributed by atoms with Crippen LogP contribution in [-0.2, 0) is 0 Å². The summed E-state index contributed by atoms with van der Waals surface area (Å²) in [5.41, 5.74) is 6.59. The average molecular weight is 301 g/mol. The standard InChI is InChI=1S/C14H18F3N3O/c1-10(14(15,16)17)19-5-7-20(8-6-19)13(21)11-3-2-4-12(18)9-11/h2-4,9-10H,5-8,18H2,1H3. The lowest BCUT2D eigenvalue weighted by atomic mass is 10.1. The predicted octanol–water partition coefficient (Wildman–Crippen LogP) is 1.98. The Balaban J connectivity index is 1.96. The van der Waals surface area contributed by atoms with Crippen LogP contribution in [0.5, 0.6) is 0 Å². The normalized spacial score (nSPS) is 18.6. The molecule has 1 aromatic carbocycles. The van der Waals surface area contributed by atoms with Crippen LogP contribution in [0.3, 0.4) is 0 Å². The lowest BCUT2D eigenvalue weighted by Crippen LogP contribution is -2.54. The molecule has 1 aliphatic heterocycles. The Morgan fingerprint density at radius 3 is 2.38 bits per heavy atom. The van der Waals surface area contributed by atoms with E-state index in [-0.39, 0.29) is 32.1 Å². The summed E-state index contributed by atoms with van der Waals surface area (Å²) in [6, 6.07) is 5.11. The number of piperazine rings is 1. The molecule has 7 heteroatoms. The highest BCUT2D eigenvalue weighted by atomic mass is 19.4. The van der Waals surface area contributed by atoms with Crippen LogP contribution in [-0.4, -0.2) is 54.1 Å². The van der Waals surface area contributed by atoms with Gasteiger partial charge in [0.15, 0.2) is 0 Å². The molecule has 4 nitrogen and oxygen atoms in total. The molecule has 1 aromatic rings. The number of nitrogen functional groups attached to an aromatic ring is 1. The van der Waals surface area contributed by atoms with Crippen molar-refractivity contribution >= 4 is 11.6 Å². The van der Waals surface area contributed by atoms with Crippen LogP contribution in [0, 0.1) is 0 Å². The molecular weight excluding hydrogens is 283 g/mol. The molecule has 2 N–H and O–H groups in total. The third-order valence-corrected chi connectivity index (χ3v) is 3.76. The number of hydrogen-bond donors (Lipinski definition) is 1. The van der Waals surface area contributed by atoms with Gasteiger partial charge in [-0.15, -0.1) is 0 Å². The van der Waals surface area contributed by atoms with Gasteiger partial charge in [-0.25, -0.2) is 0 Å². The van der Waals surface area contributed by atoms with Gasteiger partial charge in [0.25, 0.3) is 5.91 Å². The summed E-state index contributed by atoms with van der Waals surface area (Å²) in [7, 11) is 0. The number of anilines is 1. The molecule has 1 unspecified atom stereocenters. The van der Waals surface area contributed by atoms with Gasteiger partial charge in [0.2, 0.25) is 0 Å². The summed E-state index contributed by atoms with van der Waals surface area (Å²) >= 11 is 0. The molecule has 0 spiro atoms. The smallest absolute Gasteiger partial charge is 0.399 e. The van der Waals surface area contributed by atoms with Crippen molar-refractivity contribution in [3.8, 4) is 0 Å². The SMILES string of the molecule is CC(N1CCN(C(=O)c2cccc(N)c2)CC1)C(F)(F)F. The summed E-state index contributed by atoms with van der Waals surface area (Å²) in [6.07, 6.45) is -4.24. The summed E-state index contributed by atoms with van der Waals surface area (Å²) in [4.78, 5) is 15.2. The number of halogens is 3. The monoisotopic (exact) mass is 301 g/mol. The zero-order valence-electron chi connectivity index (χ0n) is 11.7. The van der Waals surface area contributed by atoms with Crippen LogP contribution in [0.25, 0.3) is 0 Å². The minimum Gasteiger partial charge on any atom is -0.399 e. The van der Waals surface area contributed by atoms with Crippen LogP contribution >= 0.6 is 0 Å². The van der Waals surface area contributed by atoms with Gasteiger partial charge in [-0.3, -0.25) is 9.69 Å². The van der Waals surface area contributed by atoms with Gasteiger partial charge >= 0.3 is 6.18 Å². The zero-order valence-corrected chi connectivity index (χ0v) is 11.7. The number of benzene rings is 1. The van der Waals surface area contributed by atoms with E-state index >= 15 is 0 Å². The zero-order chi connectivity index (χ0) is 15.6. The van der Waals surface area contributed by atoms with E-state index in [1.807, 2.05) is 0 Å². The van der Waals surface area contributed by atoms with Gasteiger partial charge in [0.1, 0.15) is 6.04 Å². The average Bonchev–Trinajstić information content (AvgIpc) is 2.45. The maximum Gasteiger partial charge on any atom is 0.403 e. The first-order valence-electron chi connectivity index (χ1n) is 6.74. The number of nitrogens with zero attached hydrogens (tertiary/aromatic N) is 2. The molecule has 0 aliphatic carbocycles. The first-order chi connectivity index (χ1) is 9.79. The topological polar surface area (TPSA) is 49.6 Å². The number of alkyl halides is 3. The summed E-state index contributed by atoms with van der Waals surface area (Å²) in [5, 5.41) is 0. The van der Waals surface area contributed by atoms with E-state index in [1.54, 1.807) is 29.2 Å². The minimum atomic E-state index is -4.24. The molecule has 1 aliphatic rings. The Hall–Kier alpha value is -1.76. The second kappa shape index (κ2) is 5.93. The largest absolute Gasteiger partial charge is 0.403 e. The molecule has 1 atom stereocenters. The number of hydrogen-bond acceptors (Lipinski definition) is 3. The second-order valence-corrected chi connectivity index (χ2v) is 5.17. The van der Waals surface area contributed by atoms with Crippen molar-refractivity contribution in [3.63, 3.8) is 0 Å². The second-order valence-electron chi connectivity index (χ2n) is 5.17. The third kappa shape index (κ3) is 3.66. The first kappa shape index (κ1) is 15.6. The summed E-state index contributed by atoms with van der Waals surface area (Å²) in [5.74, 6) is -0.193. The lowest BCUT2D eigenvalue weighted by molar-refractivity contribution is -0.181. The Labute approximate surface area is 121 Å². The fraction of sp³-hybridized carbons (Fsp3) is 0.500. The minimum absolute atomic E-state index is 0.193. The van der Waals surface area contributed by atoms with Gasteiger partial charge in [-0.1, -0.05) is 6.07 Å². The molecule has 2 rings (SSSR count). The van der Waals surface area contributed by atoms with E-state index in [0.717, 1.165) is 6.92 Å². The van der Waals surface area contributed by atoms with Gasteiger partial charge in [0.05, 0.1) is 0 Å². The first-order valence-corrected chi connectivity index (χ1v) is 6.74. The predicted molar refractivity (Wildman–Crippen MR) is 73.8 cm³/mol. The van der Waals surface area contributed by atoms with Crippen molar-refractivity contribution in [2.75, 3.05) is 31.9 Å². The lowest BCUT2D eigenvalue weighted by Gasteiger charge is -2.38. The van der Waals surface area contributed by atoms with E-state index in [2.05, 4.69) is 0 Å². The van der Waals surface area contributed by atoms with Crippen molar-refractivity contribution in [1.29, 1.82) is 0 Å². The molecular formula is C14H18F3N3O. The van der Waals surface area contributed by atoms with Crippen LogP contribution in [0.15, 0.2) is 24.3 Å². The Morgan fingerprint density at radius 1 is 1.24 bits per heavy atom. The summed E-state index contributed by atoms with van der Waals surface area (Å²) < 4.78 is 38.0. The van der Waals surface area contributed by atoms with E-state index in [4.69, 9.17) is 5.73 Å². The van der Waals surface area contributed by atoms with Gasteiger partial charge in [-0.2, -0.15) is 13.2 Å². The Morgan fingerprint density at radius 2 is 1.86 bits per heavy atom. The van der Waals surface area contributed by atoms with Crippen molar-refractivity contribution in [1.82, 2.24) is 9.80 Å². The van der Waals surface area contributed by atoms with Crippen LogP contribution in [0.2, 0.25) is 0 Å². The molecule has 1 saturated heterocycles. The van der Waals surface area contributed by atoms with E-state index in [9.17, 15) is 18.0 Å². The van der Waals surface area contributed by atoms with Crippen molar-refractivity contribution in [2.24, 2.45) is 0 Å². The van der Waals surface area contributed by atoms with Gasteiger partial charge in [-0.05, 0) is 25.1 Å². The van der Waals surface area contributed by atoms with Crippen molar-refractivity contribution in [2.45, 2.75) is 19.1 Å². The third-order valence-electron chi connectivity index (χ3n) is 3.76. The number of carbonyl (C=O) groups is 1. The molecule has 116 valence electrons. The number of carbonyl (C=O) groups excluding carboxylic acids is 1. The van der Waals surface area contributed by atoms with Gasteiger partial charge in [0, 0.05) is 37.4 Å². The highest BCUT2D eigenvalue weighted by Gasteiger charge is 2.41. The fourth-order valence-corrected chi connectivity index (χ4v) is 2.37. The van der Waals surface area contributed by atoms with Crippen LogP contribution in [0.4, 0.5) is 18.9 Å². The maximum atomic E-state index is 12.7. The molecule has 21 heavy (non-hydrogen) atoms. The van der Waals surface area contributed by atoms with Crippen LogP contribution in [0.1, 0.15) is 17.3 Å². The van der Waals surface area contributed by atoms with Crippen molar-refractivity contribution < 1.29 is 18.0 Å². The molecule has 0 radical (unpaired) electrons. The highest BCUT2D eigenvalue weighted by Crippen LogP contribution is 2.25. The molecule has 1 fully saturated rings. The van der Waals surface area contributed by atoms with E-state index in [0.29, 0.717) is 11.3 Å². The maximum absolute atomic E-state index is 12.7. The quantitative estimate of drug-likeness (QED) is 0.850. The molecule has 0 aromatic heterocycles. The Bertz CT molecular complexity index is 510. The summed E-state index contributed by atoms with van der Waals surface area (Å²) in [6.45, 7) is 2.15. The number of rotatable bonds is 2. The molecule has 0 bridgehead atoms. The van der Waals surface area contributed by atoms with Gasteiger partial charge < -0.3 is 10.6 Å². The van der Waals surface area contributed by atoms with E-state index in [1.165, 1.54) is 4.90 Å². The molecule has 0 saturated carbocycles. The Kier molecular flexibility index (Phi) is 4.41. The molecule has 1 heterocycles. The van der Waals surface area contributed by atoms with E-state index < -0.39 is 12.2 Å². The van der Waals surface area contributed by atoms with Crippen molar-refractivity contribution in [3.05, 3.63) is 29.8 Å².